The first-order valence-electron chi connectivity index (χ1n) is 13.1. The molecule has 182 valence electrons. The first-order valence-corrected chi connectivity index (χ1v) is 13.1. The van der Waals surface area contributed by atoms with Crippen molar-refractivity contribution in [3.63, 3.8) is 0 Å². The fraction of sp³-hybridized carbons (Fsp3) is 0.731. The van der Waals surface area contributed by atoms with Crippen molar-refractivity contribution in [1.29, 1.82) is 0 Å². The Balaban J connectivity index is 1.42. The van der Waals surface area contributed by atoms with Gasteiger partial charge in [-0.15, -0.1) is 0 Å². The number of aryl methyl sites for hydroxylation is 1. The predicted molar refractivity (Wildman–Crippen MR) is 135 cm³/mol. The average molecular weight is 455 g/mol. The summed E-state index contributed by atoms with van der Waals surface area (Å²) in [6.07, 6.45) is 9.58. The number of aromatic nitrogens is 3. The second-order valence-electron chi connectivity index (χ2n) is 10.5. The lowest BCUT2D eigenvalue weighted by atomic mass is 9.97. The van der Waals surface area contributed by atoms with Crippen molar-refractivity contribution in [1.82, 2.24) is 25.0 Å². The Morgan fingerprint density at radius 3 is 2.55 bits per heavy atom. The van der Waals surface area contributed by atoms with Crippen LogP contribution in [-0.4, -0.2) is 63.8 Å². The summed E-state index contributed by atoms with van der Waals surface area (Å²) in [5.41, 5.74) is 1.28. The smallest absolute Gasteiger partial charge is 0.272 e. The second kappa shape index (κ2) is 10.9. The van der Waals surface area contributed by atoms with Gasteiger partial charge >= 0.3 is 0 Å². The normalized spacial score (nSPS) is 23.0. The van der Waals surface area contributed by atoms with Crippen molar-refractivity contribution in [3.8, 4) is 0 Å². The predicted octanol–water partition coefficient (Wildman–Crippen LogP) is 4.37. The number of likely N-dealkylation sites (tertiary alicyclic amines) is 1. The van der Waals surface area contributed by atoms with E-state index < -0.39 is 0 Å². The standard InChI is InChI=1S/C26H42N6O/c1-19(2)12-16-31-17-13-21(18-20(31)3)27-26(33)24-22-10-11-23(28-25(22)30(4)29-24)32-14-8-6-5-7-9-15-32/h10-11,19-21H,5-9,12-18H2,1-4H3,(H,27,33). The Morgan fingerprint density at radius 2 is 1.85 bits per heavy atom. The number of nitrogens with zero attached hydrogens (tertiary/aromatic N) is 5. The van der Waals surface area contributed by atoms with Crippen LogP contribution in [0.5, 0.6) is 0 Å². The number of amides is 1. The highest BCUT2D eigenvalue weighted by Gasteiger charge is 2.28. The zero-order valence-corrected chi connectivity index (χ0v) is 21.0. The van der Waals surface area contributed by atoms with E-state index in [0.29, 0.717) is 11.7 Å². The van der Waals surface area contributed by atoms with E-state index in [9.17, 15) is 4.79 Å². The van der Waals surface area contributed by atoms with Gasteiger partial charge in [0.15, 0.2) is 11.3 Å². The summed E-state index contributed by atoms with van der Waals surface area (Å²) >= 11 is 0. The van der Waals surface area contributed by atoms with Gasteiger partial charge in [-0.05, 0) is 63.6 Å². The fourth-order valence-electron chi connectivity index (χ4n) is 5.30. The topological polar surface area (TPSA) is 66.3 Å². The van der Waals surface area contributed by atoms with Crippen LogP contribution in [0, 0.1) is 5.92 Å². The molecule has 0 aliphatic carbocycles. The van der Waals surface area contributed by atoms with Crippen molar-refractivity contribution in [2.24, 2.45) is 13.0 Å². The summed E-state index contributed by atoms with van der Waals surface area (Å²) in [7, 11) is 1.89. The van der Waals surface area contributed by atoms with E-state index in [1.54, 1.807) is 4.68 Å². The molecule has 0 spiro atoms. The van der Waals surface area contributed by atoms with Gasteiger partial charge < -0.3 is 15.1 Å². The number of carbonyl (C=O) groups excluding carboxylic acids is 1. The molecule has 2 unspecified atom stereocenters. The summed E-state index contributed by atoms with van der Waals surface area (Å²) in [6, 6.07) is 4.80. The van der Waals surface area contributed by atoms with Crippen LogP contribution >= 0.6 is 0 Å². The zero-order chi connectivity index (χ0) is 23.4. The highest BCUT2D eigenvalue weighted by Crippen LogP contribution is 2.24. The van der Waals surface area contributed by atoms with E-state index in [4.69, 9.17) is 4.98 Å². The molecule has 0 aromatic carbocycles. The van der Waals surface area contributed by atoms with Crippen LogP contribution in [0.15, 0.2) is 12.1 Å². The van der Waals surface area contributed by atoms with Crippen molar-refractivity contribution < 1.29 is 4.79 Å². The number of piperidine rings is 1. The van der Waals surface area contributed by atoms with Crippen LogP contribution in [0.2, 0.25) is 0 Å². The van der Waals surface area contributed by atoms with E-state index in [2.05, 4.69) is 47.1 Å². The van der Waals surface area contributed by atoms with E-state index >= 15 is 0 Å². The van der Waals surface area contributed by atoms with Crippen molar-refractivity contribution in [3.05, 3.63) is 17.8 Å². The Morgan fingerprint density at radius 1 is 1.12 bits per heavy atom. The maximum absolute atomic E-state index is 13.2. The first-order chi connectivity index (χ1) is 15.9. The Kier molecular flexibility index (Phi) is 7.89. The molecule has 0 radical (unpaired) electrons. The van der Waals surface area contributed by atoms with Gasteiger partial charge in [-0.3, -0.25) is 4.79 Å². The number of pyridine rings is 1. The van der Waals surface area contributed by atoms with E-state index in [1.165, 1.54) is 38.5 Å². The first kappa shape index (κ1) is 24.0. The highest BCUT2D eigenvalue weighted by atomic mass is 16.2. The molecule has 0 saturated carbocycles. The van der Waals surface area contributed by atoms with Crippen LogP contribution in [0.4, 0.5) is 5.82 Å². The number of carbonyl (C=O) groups is 1. The maximum atomic E-state index is 13.2. The lowest BCUT2D eigenvalue weighted by molar-refractivity contribution is 0.0866. The Hall–Kier alpha value is -2.15. The summed E-state index contributed by atoms with van der Waals surface area (Å²) in [5, 5.41) is 8.68. The number of nitrogens with one attached hydrogen (secondary N) is 1. The molecule has 2 saturated heterocycles. The van der Waals surface area contributed by atoms with Gasteiger partial charge in [-0.1, -0.05) is 33.1 Å². The van der Waals surface area contributed by atoms with Gasteiger partial charge in [0.2, 0.25) is 0 Å². The molecule has 1 N–H and O–H groups in total. The van der Waals surface area contributed by atoms with Gasteiger partial charge in [0, 0.05) is 38.8 Å². The van der Waals surface area contributed by atoms with Gasteiger partial charge in [0.05, 0.1) is 5.39 Å². The zero-order valence-electron chi connectivity index (χ0n) is 21.0. The van der Waals surface area contributed by atoms with E-state index in [0.717, 1.165) is 61.8 Å². The monoisotopic (exact) mass is 454 g/mol. The largest absolute Gasteiger partial charge is 0.357 e. The van der Waals surface area contributed by atoms with Gasteiger partial charge in [-0.2, -0.15) is 5.10 Å². The van der Waals surface area contributed by atoms with E-state index in [-0.39, 0.29) is 11.9 Å². The molecule has 1 amide bonds. The van der Waals surface area contributed by atoms with Crippen LogP contribution in [-0.2, 0) is 7.05 Å². The number of hydrogen-bond acceptors (Lipinski definition) is 5. The number of rotatable bonds is 6. The molecule has 0 bridgehead atoms. The molecule has 2 fully saturated rings. The minimum Gasteiger partial charge on any atom is -0.357 e. The molecule has 2 aliphatic rings. The summed E-state index contributed by atoms with van der Waals surface area (Å²) in [4.78, 5) is 23.0. The van der Waals surface area contributed by atoms with Crippen molar-refractivity contribution >= 4 is 22.8 Å². The maximum Gasteiger partial charge on any atom is 0.272 e. The third-order valence-corrected chi connectivity index (χ3v) is 7.41. The number of hydrogen-bond donors (Lipinski definition) is 1. The summed E-state index contributed by atoms with van der Waals surface area (Å²) < 4.78 is 1.76. The lowest BCUT2D eigenvalue weighted by Gasteiger charge is -2.38. The van der Waals surface area contributed by atoms with Crippen LogP contribution in [0.3, 0.4) is 0 Å². The minimum atomic E-state index is -0.0748. The highest BCUT2D eigenvalue weighted by molar-refractivity contribution is 6.04. The third-order valence-electron chi connectivity index (χ3n) is 7.41. The molecule has 2 atom stereocenters. The molecule has 2 aromatic heterocycles. The van der Waals surface area contributed by atoms with Crippen LogP contribution in [0.1, 0.15) is 82.6 Å². The van der Waals surface area contributed by atoms with Crippen molar-refractivity contribution in [2.75, 3.05) is 31.1 Å². The molecular weight excluding hydrogens is 412 g/mol. The minimum absolute atomic E-state index is 0.0748. The molecular formula is C26H42N6O. The third kappa shape index (κ3) is 5.86. The summed E-state index contributed by atoms with van der Waals surface area (Å²) in [5.74, 6) is 1.65. The number of anilines is 1. The Labute approximate surface area is 198 Å². The quantitative estimate of drug-likeness (QED) is 0.702. The average Bonchev–Trinajstić information content (AvgIpc) is 3.09. The molecule has 7 heteroatoms. The van der Waals surface area contributed by atoms with Crippen molar-refractivity contribution in [2.45, 2.75) is 84.2 Å². The van der Waals surface area contributed by atoms with Gasteiger partial charge in [0.1, 0.15) is 5.82 Å². The SMILES string of the molecule is CC(C)CCN1CCC(NC(=O)c2nn(C)c3nc(N4CCCCCCC4)ccc23)CC1C. The summed E-state index contributed by atoms with van der Waals surface area (Å²) in [6.45, 7) is 11.1. The fourth-order valence-corrected chi connectivity index (χ4v) is 5.30. The molecule has 2 aliphatic heterocycles. The second-order valence-corrected chi connectivity index (χ2v) is 10.5. The lowest BCUT2D eigenvalue weighted by Crippen LogP contribution is -2.49. The van der Waals surface area contributed by atoms with E-state index in [1.807, 2.05) is 13.1 Å². The molecule has 4 rings (SSSR count). The molecule has 7 nitrogen and oxygen atoms in total. The number of fused-ring (bicyclic) bond motifs is 1. The molecule has 2 aromatic rings. The van der Waals surface area contributed by atoms with Gasteiger partial charge in [-0.25, -0.2) is 9.67 Å². The molecule has 33 heavy (non-hydrogen) atoms. The van der Waals surface area contributed by atoms with Gasteiger partial charge in [0.25, 0.3) is 5.91 Å². The van der Waals surface area contributed by atoms with Crippen LogP contribution in [0.25, 0.3) is 11.0 Å². The Bertz CT molecular complexity index is 930. The van der Waals surface area contributed by atoms with Crippen LogP contribution < -0.4 is 10.2 Å². The molecule has 4 heterocycles.